The molecule has 0 N–H and O–H groups in total. The number of allylic oxidation sites excluding steroid dienone is 2. The van der Waals surface area contributed by atoms with Crippen molar-refractivity contribution in [3.63, 3.8) is 0 Å². The van der Waals surface area contributed by atoms with Crippen LogP contribution in [0.5, 0.6) is 0 Å². The molecule has 0 spiro atoms. The molecule has 0 amide bonds. The Kier molecular flexibility index (Phi) is 5.87. The first-order valence-electron chi connectivity index (χ1n) is 7.65. The van der Waals surface area contributed by atoms with Gasteiger partial charge in [0.2, 0.25) is 0 Å². The van der Waals surface area contributed by atoms with Gasteiger partial charge in [-0.05, 0) is 36.5 Å². The van der Waals surface area contributed by atoms with Crippen LogP contribution >= 0.6 is 0 Å². The van der Waals surface area contributed by atoms with Crippen LogP contribution in [0.25, 0.3) is 5.57 Å². The molecule has 1 heteroatoms. The van der Waals surface area contributed by atoms with E-state index in [1.807, 2.05) is 12.1 Å². The average Bonchev–Trinajstić information content (AvgIpc) is 2.43. The molecule has 1 aromatic carbocycles. The first-order valence-corrected chi connectivity index (χ1v) is 7.65. The van der Waals surface area contributed by atoms with E-state index in [-0.39, 0.29) is 0 Å². The van der Waals surface area contributed by atoms with E-state index in [0.29, 0.717) is 5.78 Å². The minimum absolute atomic E-state index is 0.305. The molecule has 102 valence electrons. The highest BCUT2D eigenvalue weighted by Crippen LogP contribution is 2.23. The lowest BCUT2D eigenvalue weighted by Gasteiger charge is -2.09. The van der Waals surface area contributed by atoms with E-state index in [2.05, 4.69) is 24.3 Å². The predicted molar refractivity (Wildman–Crippen MR) is 81.0 cm³/mol. The number of ketones is 1. The molecule has 1 aromatic rings. The summed E-state index contributed by atoms with van der Waals surface area (Å²) in [6.45, 7) is 0. The topological polar surface area (TPSA) is 17.1 Å². The molecule has 0 unspecified atom stereocenters. The zero-order valence-electron chi connectivity index (χ0n) is 11.7. The van der Waals surface area contributed by atoms with Gasteiger partial charge in [-0.25, -0.2) is 0 Å². The Balaban J connectivity index is 2.11. The Morgan fingerprint density at radius 2 is 1.26 bits per heavy atom. The summed E-state index contributed by atoms with van der Waals surface area (Å²) in [5, 5.41) is 0. The van der Waals surface area contributed by atoms with Gasteiger partial charge < -0.3 is 0 Å². The van der Waals surface area contributed by atoms with Crippen LogP contribution in [0.3, 0.4) is 0 Å². The van der Waals surface area contributed by atoms with Crippen molar-refractivity contribution in [3.05, 3.63) is 42.0 Å². The van der Waals surface area contributed by atoms with Crippen molar-refractivity contribution in [2.45, 2.75) is 57.8 Å². The summed E-state index contributed by atoms with van der Waals surface area (Å²) >= 11 is 0. The summed E-state index contributed by atoms with van der Waals surface area (Å²) in [5.41, 5.74) is 2.44. The average molecular weight is 256 g/mol. The second-order valence-electron chi connectivity index (χ2n) is 5.48. The number of hydrogen-bond acceptors (Lipinski definition) is 1. The largest absolute Gasteiger partial charge is 0.295 e. The molecule has 0 radical (unpaired) electrons. The summed E-state index contributed by atoms with van der Waals surface area (Å²) in [6, 6.07) is 10.4. The fraction of sp³-hybridized carbons (Fsp3) is 0.500. The highest BCUT2D eigenvalue weighted by molar-refractivity contribution is 5.96. The van der Waals surface area contributed by atoms with Crippen molar-refractivity contribution < 1.29 is 4.79 Å². The van der Waals surface area contributed by atoms with Gasteiger partial charge in [0.05, 0.1) is 0 Å². The quantitative estimate of drug-likeness (QED) is 0.678. The normalized spacial score (nSPS) is 21.9. The zero-order valence-corrected chi connectivity index (χ0v) is 11.7. The zero-order chi connectivity index (χ0) is 13.3. The summed E-state index contributed by atoms with van der Waals surface area (Å²) < 4.78 is 0. The van der Waals surface area contributed by atoms with Gasteiger partial charge >= 0.3 is 0 Å². The molecule has 0 atom stereocenters. The molecule has 2 rings (SSSR count). The second-order valence-corrected chi connectivity index (χ2v) is 5.48. The molecule has 0 heterocycles. The first-order chi connectivity index (χ1) is 9.36. The molecule has 0 saturated heterocycles. The molecular weight excluding hydrogens is 232 g/mol. The van der Waals surface area contributed by atoms with Crippen molar-refractivity contribution in [1.29, 1.82) is 0 Å². The Morgan fingerprint density at radius 1 is 0.684 bits per heavy atom. The minimum atomic E-state index is 0.305. The van der Waals surface area contributed by atoms with Gasteiger partial charge in [0.25, 0.3) is 0 Å². The summed E-state index contributed by atoms with van der Waals surface area (Å²) in [6.07, 6.45) is 12.4. The SMILES string of the molecule is O=C1/C=C(/c2ccccc2)CCCCCCCCC1. The van der Waals surface area contributed by atoms with Gasteiger partial charge in [0.1, 0.15) is 0 Å². The fourth-order valence-electron chi connectivity index (χ4n) is 2.72. The van der Waals surface area contributed by atoms with Crippen LogP contribution in [0.15, 0.2) is 36.4 Å². The van der Waals surface area contributed by atoms with Crippen LogP contribution in [-0.2, 0) is 4.79 Å². The van der Waals surface area contributed by atoms with E-state index in [0.717, 1.165) is 19.3 Å². The van der Waals surface area contributed by atoms with E-state index in [1.54, 1.807) is 0 Å². The van der Waals surface area contributed by atoms with Gasteiger partial charge in [0.15, 0.2) is 5.78 Å². The van der Waals surface area contributed by atoms with Crippen molar-refractivity contribution in [2.75, 3.05) is 0 Å². The van der Waals surface area contributed by atoms with Crippen molar-refractivity contribution in [2.24, 2.45) is 0 Å². The number of benzene rings is 1. The summed E-state index contributed by atoms with van der Waals surface area (Å²) in [4.78, 5) is 12.0. The number of carbonyl (C=O) groups is 1. The highest BCUT2D eigenvalue weighted by atomic mass is 16.1. The molecule has 0 saturated carbocycles. The first kappa shape index (κ1) is 14.0. The molecule has 19 heavy (non-hydrogen) atoms. The monoisotopic (exact) mass is 256 g/mol. The predicted octanol–water partition coefficient (Wildman–Crippen LogP) is 5.16. The Morgan fingerprint density at radius 3 is 1.95 bits per heavy atom. The van der Waals surface area contributed by atoms with E-state index < -0.39 is 0 Å². The molecular formula is C18H24O. The Hall–Kier alpha value is -1.37. The number of hydrogen-bond donors (Lipinski definition) is 0. The van der Waals surface area contributed by atoms with Crippen LogP contribution in [-0.4, -0.2) is 5.78 Å². The molecule has 1 aliphatic rings. The van der Waals surface area contributed by atoms with Crippen LogP contribution in [0.1, 0.15) is 63.4 Å². The molecule has 1 nitrogen and oxygen atoms in total. The van der Waals surface area contributed by atoms with Crippen LogP contribution in [0.4, 0.5) is 0 Å². The van der Waals surface area contributed by atoms with Gasteiger partial charge in [-0.15, -0.1) is 0 Å². The third kappa shape index (κ3) is 5.02. The maximum Gasteiger partial charge on any atom is 0.155 e. The smallest absolute Gasteiger partial charge is 0.155 e. The minimum Gasteiger partial charge on any atom is -0.295 e. The van der Waals surface area contributed by atoms with Crippen LogP contribution in [0.2, 0.25) is 0 Å². The van der Waals surface area contributed by atoms with Gasteiger partial charge in [0, 0.05) is 6.42 Å². The molecule has 1 aliphatic carbocycles. The van der Waals surface area contributed by atoms with Crippen molar-refractivity contribution >= 4 is 11.4 Å². The lowest BCUT2D eigenvalue weighted by molar-refractivity contribution is -0.114. The maximum absolute atomic E-state index is 12.0. The van der Waals surface area contributed by atoms with Crippen molar-refractivity contribution in [1.82, 2.24) is 0 Å². The van der Waals surface area contributed by atoms with E-state index in [4.69, 9.17) is 0 Å². The van der Waals surface area contributed by atoms with E-state index in [1.165, 1.54) is 49.7 Å². The van der Waals surface area contributed by atoms with Crippen LogP contribution < -0.4 is 0 Å². The van der Waals surface area contributed by atoms with Gasteiger partial charge in [-0.3, -0.25) is 4.79 Å². The van der Waals surface area contributed by atoms with Crippen molar-refractivity contribution in [3.8, 4) is 0 Å². The lowest BCUT2D eigenvalue weighted by Crippen LogP contribution is -1.97. The standard InChI is InChI=1S/C18H24O/c19-18-14-10-5-3-1-2-4-7-13-17(15-18)16-11-8-6-9-12-16/h6,8-9,11-12,15H,1-5,7,10,13-14H2/b17-15+. The number of carbonyl (C=O) groups excluding carboxylic acids is 1. The van der Waals surface area contributed by atoms with Gasteiger partial charge in [-0.2, -0.15) is 0 Å². The fourth-order valence-corrected chi connectivity index (χ4v) is 2.72. The number of rotatable bonds is 1. The molecule has 0 fully saturated rings. The third-order valence-corrected chi connectivity index (χ3v) is 3.85. The van der Waals surface area contributed by atoms with Gasteiger partial charge in [-0.1, -0.05) is 62.4 Å². The maximum atomic E-state index is 12.0. The third-order valence-electron chi connectivity index (χ3n) is 3.85. The summed E-state index contributed by atoms with van der Waals surface area (Å²) in [7, 11) is 0. The van der Waals surface area contributed by atoms with Crippen LogP contribution in [0, 0.1) is 0 Å². The summed E-state index contributed by atoms with van der Waals surface area (Å²) in [5.74, 6) is 0.305. The molecule has 0 aliphatic heterocycles. The Labute approximate surface area is 116 Å². The van der Waals surface area contributed by atoms with E-state index >= 15 is 0 Å². The molecule has 0 aromatic heterocycles. The second kappa shape index (κ2) is 7.93. The molecule has 0 bridgehead atoms. The lowest BCUT2D eigenvalue weighted by atomic mass is 9.95. The van der Waals surface area contributed by atoms with E-state index in [9.17, 15) is 4.79 Å². The highest BCUT2D eigenvalue weighted by Gasteiger charge is 2.06. The Bertz CT molecular complexity index is 417.